The van der Waals surface area contributed by atoms with E-state index in [0.717, 1.165) is 21.9 Å². The molecule has 0 atom stereocenters. The van der Waals surface area contributed by atoms with E-state index >= 15 is 0 Å². The number of likely N-dealkylation sites (N-methyl/N-ethyl adjacent to an activating group) is 1. The van der Waals surface area contributed by atoms with Crippen LogP contribution >= 0.6 is 0 Å². The Labute approximate surface area is 133 Å². The number of benzene rings is 2. The molecule has 0 radical (unpaired) electrons. The highest BCUT2D eigenvalue weighted by Gasteiger charge is 2.15. The van der Waals surface area contributed by atoms with Crippen molar-refractivity contribution in [3.05, 3.63) is 65.8 Å². The summed E-state index contributed by atoms with van der Waals surface area (Å²) in [5, 5.41) is 4.53. The Balaban J connectivity index is 2.16. The predicted octanol–water partition coefficient (Wildman–Crippen LogP) is 3.63. The molecule has 23 heavy (non-hydrogen) atoms. The average molecular weight is 305 g/mol. The zero-order chi connectivity index (χ0) is 16.2. The second kappa shape index (κ2) is 6.36. The molecule has 5 nitrogen and oxygen atoms in total. The summed E-state index contributed by atoms with van der Waals surface area (Å²) in [6.45, 7) is -0.376. The van der Waals surface area contributed by atoms with Crippen LogP contribution in [0.15, 0.2) is 66.1 Å². The highest BCUT2D eigenvalue weighted by atomic mass is 16.3. The number of hydrogen-bond acceptors (Lipinski definition) is 4. The quantitative estimate of drug-likeness (QED) is 0.691. The maximum Gasteiger partial charge on any atom is 0.252 e. The van der Waals surface area contributed by atoms with Crippen LogP contribution in [0, 0.1) is 4.91 Å². The van der Waals surface area contributed by atoms with Gasteiger partial charge >= 0.3 is 0 Å². The van der Waals surface area contributed by atoms with Crippen molar-refractivity contribution in [2.75, 3.05) is 18.5 Å². The molecule has 3 aromatic rings. The van der Waals surface area contributed by atoms with Gasteiger partial charge in [0.15, 0.2) is 6.54 Å². The number of nitroso groups, excluding NO2 is 1. The van der Waals surface area contributed by atoms with Crippen molar-refractivity contribution in [1.29, 1.82) is 0 Å². The number of pyridine rings is 1. The van der Waals surface area contributed by atoms with E-state index in [4.69, 9.17) is 0 Å². The maximum atomic E-state index is 12.0. The lowest BCUT2D eigenvalue weighted by Gasteiger charge is -2.18. The number of amides is 1. The summed E-state index contributed by atoms with van der Waals surface area (Å²) in [5.41, 5.74) is 2.77. The standard InChI is InChI=1S/C18H15N3O2/c1-21(18(22)12-20-23)17-9-5-8-14-15(10-19-11-16(14)17)13-6-3-2-4-7-13/h2-11H,12H2,1H3. The van der Waals surface area contributed by atoms with Gasteiger partial charge in [0.2, 0.25) is 0 Å². The van der Waals surface area contributed by atoms with Crippen molar-refractivity contribution in [3.8, 4) is 11.1 Å². The van der Waals surface area contributed by atoms with Crippen LogP contribution in [0.25, 0.3) is 21.9 Å². The molecule has 1 heterocycles. The van der Waals surface area contributed by atoms with Gasteiger partial charge in [-0.3, -0.25) is 9.78 Å². The van der Waals surface area contributed by atoms with Gasteiger partial charge in [0.25, 0.3) is 5.91 Å². The highest BCUT2D eigenvalue weighted by molar-refractivity contribution is 6.07. The van der Waals surface area contributed by atoms with Crippen LogP contribution in [-0.4, -0.2) is 24.5 Å². The van der Waals surface area contributed by atoms with Crippen LogP contribution in [-0.2, 0) is 4.79 Å². The lowest BCUT2D eigenvalue weighted by molar-refractivity contribution is -0.116. The summed E-state index contributed by atoms with van der Waals surface area (Å²) in [6, 6.07) is 15.7. The van der Waals surface area contributed by atoms with Gasteiger partial charge in [-0.15, -0.1) is 0 Å². The van der Waals surface area contributed by atoms with Crippen molar-refractivity contribution in [3.63, 3.8) is 0 Å². The van der Waals surface area contributed by atoms with Crippen LogP contribution in [0.5, 0.6) is 0 Å². The van der Waals surface area contributed by atoms with Gasteiger partial charge in [-0.1, -0.05) is 47.6 Å². The van der Waals surface area contributed by atoms with E-state index in [0.29, 0.717) is 5.69 Å². The molecule has 0 saturated heterocycles. The van der Waals surface area contributed by atoms with E-state index in [9.17, 15) is 9.70 Å². The van der Waals surface area contributed by atoms with Gasteiger partial charge in [-0.05, 0) is 17.0 Å². The average Bonchev–Trinajstić information content (AvgIpc) is 2.61. The summed E-state index contributed by atoms with van der Waals surface area (Å²) in [5.74, 6) is -0.349. The van der Waals surface area contributed by atoms with Crippen molar-refractivity contribution in [2.45, 2.75) is 0 Å². The molecule has 0 unspecified atom stereocenters. The Bertz CT molecular complexity index is 863. The summed E-state index contributed by atoms with van der Waals surface area (Å²) < 4.78 is 0. The first-order chi connectivity index (χ1) is 11.2. The molecule has 3 rings (SSSR count). The fourth-order valence-electron chi connectivity index (χ4n) is 2.62. The van der Waals surface area contributed by atoms with E-state index in [1.807, 2.05) is 54.7 Å². The molecule has 0 aliphatic carbocycles. The monoisotopic (exact) mass is 305 g/mol. The second-order valence-electron chi connectivity index (χ2n) is 5.17. The number of aromatic nitrogens is 1. The van der Waals surface area contributed by atoms with Gasteiger partial charge in [-0.2, -0.15) is 4.91 Å². The molecule has 2 aromatic carbocycles. The number of fused-ring (bicyclic) bond motifs is 1. The number of nitrogens with zero attached hydrogens (tertiary/aromatic N) is 3. The smallest absolute Gasteiger partial charge is 0.252 e. The molecule has 5 heteroatoms. The van der Waals surface area contributed by atoms with Crippen molar-refractivity contribution in [1.82, 2.24) is 4.98 Å². The second-order valence-corrected chi connectivity index (χ2v) is 5.17. The van der Waals surface area contributed by atoms with Crippen molar-refractivity contribution >= 4 is 22.4 Å². The number of carbonyl (C=O) groups is 1. The Morgan fingerprint density at radius 2 is 1.83 bits per heavy atom. The molecular weight excluding hydrogens is 290 g/mol. The number of rotatable bonds is 4. The SMILES string of the molecule is CN(C(=O)CN=O)c1cccc2c(-c3ccccc3)cncc12. The third-order valence-electron chi connectivity index (χ3n) is 3.80. The number of carbonyl (C=O) groups excluding carboxylic acids is 1. The van der Waals surface area contributed by atoms with Gasteiger partial charge in [0.1, 0.15) is 0 Å². The first kappa shape index (κ1) is 14.8. The fourth-order valence-corrected chi connectivity index (χ4v) is 2.62. The summed E-state index contributed by atoms with van der Waals surface area (Å²) in [6.07, 6.45) is 3.55. The molecular formula is C18H15N3O2. The zero-order valence-corrected chi connectivity index (χ0v) is 12.6. The topological polar surface area (TPSA) is 62.6 Å². The van der Waals surface area contributed by atoms with Gasteiger partial charge in [-0.25, -0.2) is 0 Å². The molecule has 0 fully saturated rings. The third-order valence-corrected chi connectivity index (χ3v) is 3.80. The molecule has 0 saturated carbocycles. The zero-order valence-electron chi connectivity index (χ0n) is 12.6. The molecule has 0 N–H and O–H groups in total. The minimum absolute atomic E-state index is 0.349. The van der Waals surface area contributed by atoms with Crippen LogP contribution in [0.1, 0.15) is 0 Å². The highest BCUT2D eigenvalue weighted by Crippen LogP contribution is 2.32. The summed E-state index contributed by atoms with van der Waals surface area (Å²) in [4.78, 5) is 28.1. The van der Waals surface area contributed by atoms with E-state index in [2.05, 4.69) is 10.2 Å². The molecule has 0 bridgehead atoms. The molecule has 0 aliphatic heterocycles. The van der Waals surface area contributed by atoms with Gasteiger partial charge in [0, 0.05) is 30.4 Å². The molecule has 0 aliphatic rings. The van der Waals surface area contributed by atoms with Crippen LogP contribution in [0.3, 0.4) is 0 Å². The Morgan fingerprint density at radius 1 is 1.04 bits per heavy atom. The largest absolute Gasteiger partial charge is 0.313 e. The minimum atomic E-state index is -0.376. The van der Waals surface area contributed by atoms with Crippen LogP contribution in [0.4, 0.5) is 5.69 Å². The molecule has 114 valence electrons. The predicted molar refractivity (Wildman–Crippen MR) is 91.3 cm³/mol. The number of anilines is 1. The first-order valence-electron chi connectivity index (χ1n) is 7.20. The molecule has 1 amide bonds. The summed E-state index contributed by atoms with van der Waals surface area (Å²) in [7, 11) is 1.64. The Morgan fingerprint density at radius 3 is 2.57 bits per heavy atom. The van der Waals surface area contributed by atoms with Crippen LogP contribution in [0.2, 0.25) is 0 Å². The van der Waals surface area contributed by atoms with Gasteiger partial charge in [0.05, 0.1) is 5.69 Å². The van der Waals surface area contributed by atoms with E-state index in [1.54, 1.807) is 13.2 Å². The van der Waals surface area contributed by atoms with E-state index in [1.165, 1.54) is 4.90 Å². The van der Waals surface area contributed by atoms with Crippen molar-refractivity contribution in [2.24, 2.45) is 5.18 Å². The Hall–Kier alpha value is -3.08. The van der Waals surface area contributed by atoms with E-state index in [-0.39, 0.29) is 12.5 Å². The lowest BCUT2D eigenvalue weighted by atomic mass is 10.00. The maximum absolute atomic E-state index is 12.0. The van der Waals surface area contributed by atoms with E-state index < -0.39 is 0 Å². The third kappa shape index (κ3) is 2.81. The minimum Gasteiger partial charge on any atom is -0.313 e. The van der Waals surface area contributed by atoms with Crippen LogP contribution < -0.4 is 4.90 Å². The number of hydrogen-bond donors (Lipinski definition) is 0. The summed E-state index contributed by atoms with van der Waals surface area (Å²) >= 11 is 0. The van der Waals surface area contributed by atoms with Gasteiger partial charge < -0.3 is 4.90 Å². The Kier molecular flexibility index (Phi) is 4.10. The normalized spacial score (nSPS) is 10.5. The molecule has 1 aromatic heterocycles. The first-order valence-corrected chi connectivity index (χ1v) is 7.20. The van der Waals surface area contributed by atoms with Crippen molar-refractivity contribution < 1.29 is 4.79 Å². The molecule has 0 spiro atoms. The lowest BCUT2D eigenvalue weighted by Crippen LogP contribution is -2.28. The fraction of sp³-hybridized carbons (Fsp3) is 0.111.